The maximum atomic E-state index is 10.5. The molecule has 2 rings (SSSR count). The molecule has 0 saturated heterocycles. The van der Waals surface area contributed by atoms with E-state index in [1.807, 2.05) is 0 Å². The van der Waals surface area contributed by atoms with Crippen LogP contribution in [0, 0.1) is 20.2 Å². The SMILES string of the molecule is O=[N+]([O-])[13c]1nonc1-c1non[13c]1[N+](=O)[O-]. The monoisotopic (exact) mass is 230 g/mol. The zero-order chi connectivity index (χ0) is 11.7. The van der Waals surface area contributed by atoms with Gasteiger partial charge in [-0.1, -0.05) is 0 Å². The molecule has 0 aliphatic heterocycles. The van der Waals surface area contributed by atoms with Crippen molar-refractivity contribution >= 4 is 11.6 Å². The second kappa shape index (κ2) is 3.34. The lowest BCUT2D eigenvalue weighted by Gasteiger charge is -1.88. The molecule has 2 aromatic rings. The summed E-state index contributed by atoms with van der Waals surface area (Å²) in [7, 11) is 0. The third-order valence-electron chi connectivity index (χ3n) is 1.51. The summed E-state index contributed by atoms with van der Waals surface area (Å²) < 4.78 is 8.18. The van der Waals surface area contributed by atoms with Gasteiger partial charge in [-0.2, -0.15) is 0 Å². The molecule has 12 nitrogen and oxygen atoms in total. The molecule has 0 unspecified atom stereocenters. The van der Waals surface area contributed by atoms with E-state index in [1.165, 1.54) is 0 Å². The van der Waals surface area contributed by atoms with Gasteiger partial charge < -0.3 is 20.2 Å². The van der Waals surface area contributed by atoms with E-state index in [1.54, 1.807) is 0 Å². The molecule has 0 N–H and O–H groups in total. The Kier molecular flexibility index (Phi) is 2.01. The van der Waals surface area contributed by atoms with Crippen LogP contribution in [0.5, 0.6) is 0 Å². The number of rotatable bonds is 3. The molecule has 0 radical (unpaired) electrons. The van der Waals surface area contributed by atoms with Gasteiger partial charge in [-0.05, 0) is 20.2 Å². The molecule has 12 heteroatoms. The molecular formula is C4N6O6. The standard InChI is InChI=1S/C4N6O6/c11-9(12)3-1(5-15-7-3)2-4(10(13)14)8-16-6-2/i3+1,4+1. The molecule has 0 saturated carbocycles. The molecule has 0 bridgehead atoms. The normalized spacial score (nSPS) is 10.2. The average Bonchev–Trinajstić information content (AvgIpc) is 2.85. The molecule has 0 atom stereocenters. The van der Waals surface area contributed by atoms with Crippen LogP contribution in [-0.4, -0.2) is 30.5 Å². The predicted molar refractivity (Wildman–Crippen MR) is 40.9 cm³/mol. The summed E-state index contributed by atoms with van der Waals surface area (Å²) in [6.45, 7) is 0. The number of aromatic nitrogens is 4. The third-order valence-corrected chi connectivity index (χ3v) is 1.51. The van der Waals surface area contributed by atoms with Crippen LogP contribution in [0.1, 0.15) is 0 Å². The van der Waals surface area contributed by atoms with Gasteiger partial charge in [-0.3, -0.25) is 0 Å². The fourth-order valence-corrected chi connectivity index (χ4v) is 0.906. The van der Waals surface area contributed by atoms with Gasteiger partial charge >= 0.3 is 11.6 Å². The van der Waals surface area contributed by atoms with Crippen molar-refractivity contribution in [3.63, 3.8) is 0 Å². The molecule has 0 aromatic carbocycles. The number of hydrogen-bond donors (Lipinski definition) is 0. The lowest BCUT2D eigenvalue weighted by Crippen LogP contribution is -1.95. The quantitative estimate of drug-likeness (QED) is 0.514. The first-order valence-electron chi connectivity index (χ1n) is 3.55. The lowest BCUT2D eigenvalue weighted by molar-refractivity contribution is -0.392. The largest absolute Gasteiger partial charge is 0.444 e. The highest BCUT2D eigenvalue weighted by Crippen LogP contribution is 2.29. The Morgan fingerprint density at radius 3 is 1.50 bits per heavy atom. The molecule has 0 fully saturated rings. The fourth-order valence-electron chi connectivity index (χ4n) is 0.906. The summed E-state index contributed by atoms with van der Waals surface area (Å²) in [4.78, 5) is 19.1. The molecule has 2 aromatic heterocycles. The molecule has 2 heterocycles. The molecule has 0 aliphatic carbocycles. The number of nitrogens with zero attached hydrogens (tertiary/aromatic N) is 6. The molecule has 82 valence electrons. The van der Waals surface area contributed by atoms with Crippen molar-refractivity contribution in [1.29, 1.82) is 0 Å². The van der Waals surface area contributed by atoms with Gasteiger partial charge in [0.15, 0.2) is 10.3 Å². The lowest BCUT2D eigenvalue weighted by atomic mass is 10.5. The van der Waals surface area contributed by atoms with Crippen LogP contribution in [0.2, 0.25) is 0 Å². The van der Waals surface area contributed by atoms with E-state index in [-0.39, 0.29) is 0 Å². The van der Waals surface area contributed by atoms with E-state index in [4.69, 9.17) is 0 Å². The highest BCUT2D eigenvalue weighted by Gasteiger charge is 2.35. The van der Waals surface area contributed by atoms with Gasteiger partial charge in [0.1, 0.15) is 0 Å². The molecule has 16 heavy (non-hydrogen) atoms. The van der Waals surface area contributed by atoms with E-state index < -0.39 is 32.9 Å². The summed E-state index contributed by atoms with van der Waals surface area (Å²) in [6, 6.07) is 0. The van der Waals surface area contributed by atoms with Crippen LogP contribution >= 0.6 is 0 Å². The topological polar surface area (TPSA) is 164 Å². The maximum absolute atomic E-state index is 10.5. The molecule has 0 amide bonds. The summed E-state index contributed by atoms with van der Waals surface area (Å²) in [5, 5.41) is 33.1. The summed E-state index contributed by atoms with van der Waals surface area (Å²) >= 11 is 0. The molecule has 0 spiro atoms. The van der Waals surface area contributed by atoms with Crippen LogP contribution < -0.4 is 0 Å². The first-order valence-corrected chi connectivity index (χ1v) is 3.55. The highest BCUT2D eigenvalue weighted by molar-refractivity contribution is 5.68. The van der Waals surface area contributed by atoms with Crippen molar-refractivity contribution < 1.29 is 19.1 Å². The van der Waals surface area contributed by atoms with Gasteiger partial charge in [-0.25, -0.2) is 0 Å². The minimum atomic E-state index is -0.926. The van der Waals surface area contributed by atoms with Crippen LogP contribution in [0.15, 0.2) is 9.26 Å². The van der Waals surface area contributed by atoms with Crippen molar-refractivity contribution in [2.75, 3.05) is 0 Å². The zero-order valence-electron chi connectivity index (χ0n) is 7.13. The third kappa shape index (κ3) is 1.33. The fraction of sp³-hybridized carbons (Fsp3) is 0. The van der Waals surface area contributed by atoms with Crippen LogP contribution in [0.3, 0.4) is 0 Å². The Labute approximate surface area is 84.1 Å². The van der Waals surface area contributed by atoms with Gasteiger partial charge in [0, 0.05) is 0 Å². The van der Waals surface area contributed by atoms with E-state index in [0.29, 0.717) is 0 Å². The number of hydrogen-bond acceptors (Lipinski definition) is 10. The Balaban J connectivity index is 2.59. The second-order valence-corrected chi connectivity index (χ2v) is 2.39. The Morgan fingerprint density at radius 2 is 1.19 bits per heavy atom. The van der Waals surface area contributed by atoms with Crippen molar-refractivity contribution in [2.45, 2.75) is 0 Å². The first-order chi connectivity index (χ1) is 7.61. The van der Waals surface area contributed by atoms with Crippen LogP contribution in [0.4, 0.5) is 11.6 Å². The Morgan fingerprint density at radius 1 is 0.812 bits per heavy atom. The van der Waals surface area contributed by atoms with Crippen LogP contribution in [0.25, 0.3) is 11.4 Å². The van der Waals surface area contributed by atoms with Crippen molar-refractivity contribution in [2.24, 2.45) is 0 Å². The zero-order valence-corrected chi connectivity index (χ0v) is 7.13. The smallest absolute Gasteiger partial charge is 0.358 e. The second-order valence-electron chi connectivity index (χ2n) is 2.39. The minimum absolute atomic E-state index is 0.516. The molecular weight excluding hydrogens is 230 g/mol. The first kappa shape index (κ1) is 9.63. The average molecular weight is 230 g/mol. The maximum Gasteiger partial charge on any atom is 0.444 e. The summed E-state index contributed by atoms with van der Waals surface area (Å²) in [6.07, 6.45) is 0. The van der Waals surface area contributed by atoms with Crippen molar-refractivity contribution in [3.05, 3.63) is 20.2 Å². The number of nitro groups is 2. The Bertz CT molecular complexity index is 507. The van der Waals surface area contributed by atoms with E-state index in [2.05, 4.69) is 29.9 Å². The van der Waals surface area contributed by atoms with E-state index in [0.717, 1.165) is 0 Å². The van der Waals surface area contributed by atoms with Gasteiger partial charge in [0.25, 0.3) is 0 Å². The van der Waals surface area contributed by atoms with Gasteiger partial charge in [0.05, 0.1) is 0 Å². The van der Waals surface area contributed by atoms with E-state index in [9.17, 15) is 20.2 Å². The van der Waals surface area contributed by atoms with Crippen LogP contribution in [-0.2, 0) is 0 Å². The summed E-state index contributed by atoms with van der Waals surface area (Å²) in [5.41, 5.74) is -1.03. The van der Waals surface area contributed by atoms with Crippen molar-refractivity contribution in [1.82, 2.24) is 20.6 Å². The Hall–Kier alpha value is -2.92. The predicted octanol–water partition coefficient (Wildman–Crippen LogP) is -0.0640. The minimum Gasteiger partial charge on any atom is -0.358 e. The van der Waals surface area contributed by atoms with Crippen molar-refractivity contribution in [3.8, 4) is 11.4 Å². The molecule has 0 aliphatic rings. The van der Waals surface area contributed by atoms with Gasteiger partial charge in [-0.15, -0.1) is 9.26 Å². The van der Waals surface area contributed by atoms with Gasteiger partial charge in [0.2, 0.25) is 11.4 Å². The van der Waals surface area contributed by atoms with E-state index >= 15 is 0 Å². The highest BCUT2D eigenvalue weighted by atomic mass is 16.7. The summed E-state index contributed by atoms with van der Waals surface area (Å²) in [5.74, 6) is -1.61.